The fourth-order valence-corrected chi connectivity index (χ4v) is 0. The van der Waals surface area contributed by atoms with Gasteiger partial charge in [-0.15, -0.1) is 0 Å². The zero-order chi connectivity index (χ0) is 0. The van der Waals surface area contributed by atoms with E-state index in [2.05, 4.69) is 0 Å². The number of rotatable bonds is 0. The van der Waals surface area contributed by atoms with Crippen molar-refractivity contribution in [2.75, 3.05) is 0 Å². The second kappa shape index (κ2) is 909. The van der Waals surface area contributed by atoms with Crippen molar-refractivity contribution in [1.29, 1.82) is 0 Å². The van der Waals surface area contributed by atoms with Crippen LogP contribution >= 0.6 is 9.90 Å². The van der Waals surface area contributed by atoms with Gasteiger partial charge >= 0.3 is 0 Å². The average molecular weight is 10700 g/mol. The quantitative estimate of drug-likeness (QED) is 0.295. The van der Waals surface area contributed by atoms with Gasteiger partial charge < -0.3 is 0 Å². The Kier molecular flexibility index (Phi) is 6900. The molecule has 0 aromatic heterocycles. The summed E-state index contributed by atoms with van der Waals surface area (Å²) in [4.78, 5) is 0. The van der Waals surface area contributed by atoms with E-state index < -0.39 is 0 Å². The maximum absolute atomic E-state index is 0. The van der Waals surface area contributed by atoms with Gasteiger partial charge in [-0.25, -0.2) is 0 Å². The van der Waals surface area contributed by atoms with E-state index in [1.807, 2.05) is 0 Å². The average Bonchev–Trinajstić information content (AvgIpc) is 0. The molecule has 0 heterocycles. The summed E-state index contributed by atoms with van der Waals surface area (Å²) in [6.07, 6.45) is 0. The van der Waals surface area contributed by atoms with E-state index in [0.29, 0.717) is 0 Å². The molecule has 0 aliphatic heterocycles. The van der Waals surface area contributed by atoms with Gasteiger partial charge in [-0.1, -0.05) is 0 Å². The summed E-state index contributed by atoms with van der Waals surface area (Å²) in [6.45, 7) is 0. The monoisotopic (exact) mass is 10700 g/mol. The molecule has 0 aromatic carbocycles. The van der Waals surface area contributed by atoms with Gasteiger partial charge in [0, 0.05) is 3930 Å². The summed E-state index contributed by atoms with van der Waals surface area (Å²) in [6, 6.07) is 0. The molecule has 0 saturated carbocycles. The summed E-state index contributed by atoms with van der Waals surface area (Å²) < 4.78 is 0. The first kappa shape index (κ1) is 919. The van der Waals surface area contributed by atoms with E-state index in [-0.39, 0.29) is 3930 Å². The van der Waals surface area contributed by atoms with Crippen molar-refractivity contribution in [2.45, 2.75) is 0 Å². The Morgan fingerprint density at radius 2 is 0.0165 bits per heavy atom. The van der Waals surface area contributed by atoms with Crippen molar-refractivity contribution >= 4 is 9.90 Å². The first-order valence-electron chi connectivity index (χ1n) is 0. The molecule has 0 spiro atoms. The Morgan fingerprint density at radius 1 is 0.0165 bits per heavy atom. The fraction of sp³-hybridized carbons (Fsp3) is 0. The largest absolute Gasteiger partial charge is 0.153 e. The summed E-state index contributed by atoms with van der Waals surface area (Å²) in [5.74, 6) is 0. The van der Waals surface area contributed by atoms with Gasteiger partial charge in [-0.2, -0.15) is 9.90 Å². The molecule has 0 aliphatic carbocycles. The third-order valence-electron chi connectivity index (χ3n) is 0. The van der Waals surface area contributed by atoms with Crippen LogP contribution in [0.1, 0.15) is 0 Å². The third kappa shape index (κ3) is 901. The molecule has 0 aromatic rings. The molecule has 0 bridgehead atoms. The predicted molar refractivity (Wildman–Crippen MR) is 11.1 cm³/mol. The van der Waals surface area contributed by atoms with Crippen molar-refractivity contribution in [3.63, 3.8) is 0 Å². The second-order valence-corrected chi connectivity index (χ2v) is 0. The van der Waals surface area contributed by atoms with Crippen molar-refractivity contribution in [2.24, 2.45) is 0 Å². The Bertz CT molecular complexity index is 8.36. The van der Waals surface area contributed by atoms with Crippen LogP contribution in [-0.4, -0.2) is 0 Å². The standard InChI is InChI=1S/H3P.120Y/h1H3;;;;;;;;;;;;;;;;;;;;;;;;;;;;;;;;;;;;;;;;;;;;;;;;;;;;;;;;;;;;;;;;;;;;;;;;;;;;;;;;;;;;;;;;;;;;;;;;;;;;;;;;;;;;;;;;;;;;;;;;. The predicted octanol–water partition coefficient (Wildman–Crippen LogP) is -0.242. The van der Waals surface area contributed by atoms with Crippen molar-refractivity contribution < 1.29 is 3930 Å². The molecule has 0 saturated heterocycles. The maximum atomic E-state index is 0. The normalized spacial score (nSPS) is 0. The van der Waals surface area contributed by atoms with Crippen LogP contribution in [0.5, 0.6) is 0 Å². The molecule has 0 amide bonds. The van der Waals surface area contributed by atoms with E-state index in [4.69, 9.17) is 0 Å². The molecule has 0 aliphatic rings. The molecule has 1 unspecified atom stereocenters. The SMILES string of the molecule is P.[Y].[Y].[Y].[Y].[Y].[Y].[Y].[Y].[Y].[Y].[Y].[Y].[Y].[Y].[Y].[Y].[Y].[Y].[Y].[Y].[Y].[Y].[Y].[Y].[Y].[Y].[Y].[Y].[Y].[Y].[Y].[Y].[Y].[Y].[Y].[Y].[Y].[Y].[Y].[Y].[Y].[Y].[Y].[Y].[Y].[Y].[Y].[Y].[Y].[Y].[Y].[Y].[Y].[Y].[Y].[Y].[Y].[Y].[Y].[Y].[Y].[Y].[Y].[Y].[Y].[Y].[Y].[Y].[Y].[Y].[Y].[Y].[Y].[Y].[Y].[Y].[Y].[Y].[Y].[Y].[Y].[Y].[Y].[Y].[Y].[Y].[Y].[Y].[Y].[Y].[Y].[Y].[Y].[Y].[Y].[Y].[Y].[Y].[Y].[Y].[Y].[Y].[Y].[Y].[Y].[Y].[Y].[Y].[Y].[Y].[Y].[Y].[Y].[Y].[Y].[Y].[Y].[Y].[Y].[Y]. The van der Waals surface area contributed by atoms with Crippen LogP contribution in [0, 0.1) is 0 Å². The fourth-order valence-electron chi connectivity index (χ4n) is 0. The van der Waals surface area contributed by atoms with Crippen LogP contribution in [0.25, 0.3) is 0 Å². The molecule has 120 radical (unpaired) electrons. The number of hydrogen-bond donors (Lipinski definition) is 0. The van der Waals surface area contributed by atoms with Crippen LogP contribution < -0.4 is 0 Å². The molecular formula is H3PY120. The van der Waals surface area contributed by atoms with Gasteiger partial charge in [0.2, 0.25) is 0 Å². The summed E-state index contributed by atoms with van der Waals surface area (Å²) in [7, 11) is 0. The van der Waals surface area contributed by atoms with Gasteiger partial charge in [0.25, 0.3) is 0 Å². The topological polar surface area (TPSA) is 0 Å². The van der Waals surface area contributed by atoms with Gasteiger partial charge in [0.15, 0.2) is 0 Å². The van der Waals surface area contributed by atoms with Crippen molar-refractivity contribution in [3.05, 3.63) is 0 Å². The van der Waals surface area contributed by atoms with E-state index >= 15 is 0 Å². The Hall–Kier alpha value is 133. The van der Waals surface area contributed by atoms with E-state index in [1.165, 1.54) is 0 Å². The third-order valence-corrected chi connectivity index (χ3v) is 0. The van der Waals surface area contributed by atoms with Gasteiger partial charge in [-0.05, 0) is 0 Å². The Labute approximate surface area is 3780 Å². The maximum Gasteiger partial charge on any atom is 0 e. The summed E-state index contributed by atoms with van der Waals surface area (Å²) in [5, 5.41) is 0. The van der Waals surface area contributed by atoms with Crippen LogP contribution in [-0.2, 0) is 3930 Å². The van der Waals surface area contributed by atoms with Crippen molar-refractivity contribution in [1.82, 2.24) is 0 Å². The van der Waals surface area contributed by atoms with E-state index in [1.54, 1.807) is 0 Å². The molecule has 0 nitrogen and oxygen atoms in total. The van der Waals surface area contributed by atoms with Gasteiger partial charge in [0.1, 0.15) is 0 Å². The van der Waals surface area contributed by atoms with Crippen LogP contribution in [0.3, 0.4) is 0 Å². The van der Waals surface area contributed by atoms with E-state index in [9.17, 15) is 0 Å². The minimum absolute atomic E-state index is 0. The second-order valence-electron chi connectivity index (χ2n) is 0. The molecule has 0 rings (SSSR count). The number of hydrogen-bond acceptors (Lipinski definition) is 0. The molecule has 121 heteroatoms. The summed E-state index contributed by atoms with van der Waals surface area (Å²) in [5.41, 5.74) is 0. The molecule has 1 atom stereocenters. The zero-order valence-corrected chi connectivity index (χ0v) is 412. The van der Waals surface area contributed by atoms with Crippen LogP contribution in [0.15, 0.2) is 0 Å². The first-order valence-corrected chi connectivity index (χ1v) is 0. The molecular weight excluding hydrogens is 10700 g/mol. The Morgan fingerprint density at radius 3 is 0.0165 bits per heavy atom. The molecule has 0 fully saturated rings. The smallest absolute Gasteiger partial charge is 0 e. The molecule has 121 heavy (non-hydrogen) atoms. The van der Waals surface area contributed by atoms with Crippen LogP contribution in [0.4, 0.5) is 0 Å². The van der Waals surface area contributed by atoms with Gasteiger partial charge in [-0.3, -0.25) is 0 Å². The van der Waals surface area contributed by atoms with Crippen LogP contribution in [0.2, 0.25) is 0 Å². The minimum Gasteiger partial charge on any atom is -0.153 e. The summed E-state index contributed by atoms with van der Waals surface area (Å²) >= 11 is 0. The molecule has 0 N–H and O–H groups in total. The molecule has 368 valence electrons. The zero-order valence-electron chi connectivity index (χ0n) is 70.0. The minimum atomic E-state index is 0. The Balaban J connectivity index is 0. The first-order chi connectivity index (χ1) is 0. The van der Waals surface area contributed by atoms with E-state index in [0.717, 1.165) is 0 Å². The van der Waals surface area contributed by atoms with Gasteiger partial charge in [0.05, 0.1) is 0 Å². The van der Waals surface area contributed by atoms with Crippen molar-refractivity contribution in [3.8, 4) is 0 Å².